The Balaban J connectivity index is 2.51. The smallest absolute Gasteiger partial charge is 0.353 e. The monoisotopic (exact) mass is 407 g/mol. The van der Waals surface area contributed by atoms with Crippen LogP contribution in [0.15, 0.2) is 27.6 Å². The molecule has 0 radical (unpaired) electrons. The average molecular weight is 408 g/mol. The SMILES string of the molecule is Cc1cc(Cl)c(-c2cc(C(F)(F)Cl)on2)cc1S(=O)C(F)C(F)F. The Morgan fingerprint density at radius 2 is 1.88 bits per heavy atom. The fourth-order valence-electron chi connectivity index (χ4n) is 1.82. The normalized spacial score (nSPS) is 14.9. The molecule has 0 aliphatic carbocycles. The fourth-order valence-corrected chi connectivity index (χ4v) is 3.26. The highest BCUT2D eigenvalue weighted by atomic mass is 35.5. The number of halogens is 7. The lowest BCUT2D eigenvalue weighted by molar-refractivity contribution is 0.0610. The van der Waals surface area contributed by atoms with E-state index in [4.69, 9.17) is 23.2 Å². The van der Waals surface area contributed by atoms with Crippen LogP contribution in [0, 0.1) is 6.92 Å². The van der Waals surface area contributed by atoms with Crippen LogP contribution in [0.2, 0.25) is 5.02 Å². The van der Waals surface area contributed by atoms with Gasteiger partial charge in [0.05, 0.1) is 15.8 Å². The zero-order chi connectivity index (χ0) is 18.2. The van der Waals surface area contributed by atoms with E-state index in [0.29, 0.717) is 0 Å². The van der Waals surface area contributed by atoms with Crippen LogP contribution in [0.1, 0.15) is 11.3 Å². The Hall–Kier alpha value is -1.19. The van der Waals surface area contributed by atoms with Gasteiger partial charge >= 0.3 is 5.38 Å². The van der Waals surface area contributed by atoms with E-state index in [9.17, 15) is 26.2 Å². The van der Waals surface area contributed by atoms with Gasteiger partial charge in [-0.25, -0.2) is 13.2 Å². The molecule has 0 amide bonds. The van der Waals surface area contributed by atoms with E-state index in [0.717, 1.165) is 12.1 Å². The largest absolute Gasteiger partial charge is 0.382 e. The lowest BCUT2D eigenvalue weighted by Crippen LogP contribution is -2.19. The van der Waals surface area contributed by atoms with Crippen LogP contribution in [0.25, 0.3) is 11.3 Å². The van der Waals surface area contributed by atoms with Crippen LogP contribution >= 0.6 is 23.2 Å². The van der Waals surface area contributed by atoms with Crippen molar-refractivity contribution in [2.24, 2.45) is 0 Å². The average Bonchev–Trinajstić information content (AvgIpc) is 2.95. The molecule has 0 N–H and O–H groups in total. The summed E-state index contributed by atoms with van der Waals surface area (Å²) in [7, 11) is -2.68. The highest BCUT2D eigenvalue weighted by Crippen LogP contribution is 2.37. The summed E-state index contributed by atoms with van der Waals surface area (Å²) in [5, 5.41) is -0.454. The van der Waals surface area contributed by atoms with E-state index in [1.54, 1.807) is 0 Å². The molecule has 2 atom stereocenters. The first-order valence-corrected chi connectivity index (χ1v) is 8.16. The highest BCUT2D eigenvalue weighted by molar-refractivity contribution is 7.85. The number of benzene rings is 1. The third-order valence-corrected chi connectivity index (χ3v) is 4.94. The topological polar surface area (TPSA) is 43.1 Å². The summed E-state index contributed by atoms with van der Waals surface area (Å²) in [5.41, 5.74) is -2.95. The molecule has 0 saturated heterocycles. The zero-order valence-electron chi connectivity index (χ0n) is 11.7. The summed E-state index contributed by atoms with van der Waals surface area (Å²) in [4.78, 5) is -0.260. The summed E-state index contributed by atoms with van der Waals surface area (Å²) < 4.78 is 80.4. The molecule has 0 bridgehead atoms. The number of hydrogen-bond donors (Lipinski definition) is 0. The second-order valence-corrected chi connectivity index (χ2v) is 7.02. The standard InChI is InChI=1S/C13H8Cl2F5NO2S/c1-5-2-7(14)6(3-9(5)24(22)12(18)11(16)17)8-4-10(23-21-8)13(15,19)20/h2-4,11-12H,1H3. The van der Waals surface area contributed by atoms with Gasteiger partial charge in [-0.3, -0.25) is 4.21 Å². The number of hydrogen-bond acceptors (Lipinski definition) is 3. The van der Waals surface area contributed by atoms with Gasteiger partial charge in [-0.05, 0) is 36.2 Å². The highest BCUT2D eigenvalue weighted by Gasteiger charge is 2.34. The molecule has 0 fully saturated rings. The number of aryl methyl sites for hydroxylation is 1. The Bertz CT molecular complexity index is 778. The van der Waals surface area contributed by atoms with E-state index in [1.807, 2.05) is 0 Å². The summed E-state index contributed by atoms with van der Waals surface area (Å²) >= 11 is 10.8. The number of rotatable bonds is 5. The van der Waals surface area contributed by atoms with Crippen molar-refractivity contribution in [3.63, 3.8) is 0 Å². The van der Waals surface area contributed by atoms with E-state index < -0.39 is 33.9 Å². The number of nitrogens with zero attached hydrogens (tertiary/aromatic N) is 1. The molecule has 3 nitrogen and oxygen atoms in total. The summed E-state index contributed by atoms with van der Waals surface area (Å²) in [6, 6.07) is 3.06. The van der Waals surface area contributed by atoms with Gasteiger partial charge in [0.25, 0.3) is 6.43 Å². The molecule has 24 heavy (non-hydrogen) atoms. The molecule has 2 aromatic rings. The molecular formula is C13H8Cl2F5NO2S. The lowest BCUT2D eigenvalue weighted by Gasteiger charge is -2.12. The predicted octanol–water partition coefficient (Wildman–Crippen LogP) is 5.26. The Labute approximate surface area is 145 Å². The first-order valence-electron chi connectivity index (χ1n) is 6.19. The maximum Gasteiger partial charge on any atom is 0.382 e. The molecule has 2 unspecified atom stereocenters. The van der Waals surface area contributed by atoms with Crippen molar-refractivity contribution in [2.75, 3.05) is 0 Å². The van der Waals surface area contributed by atoms with Gasteiger partial charge in [0.15, 0.2) is 0 Å². The van der Waals surface area contributed by atoms with Crippen LogP contribution in [0.3, 0.4) is 0 Å². The molecule has 1 aromatic carbocycles. The first-order chi connectivity index (χ1) is 11.0. The molecule has 0 spiro atoms. The minimum Gasteiger partial charge on any atom is -0.353 e. The van der Waals surface area contributed by atoms with Gasteiger partial charge in [-0.1, -0.05) is 16.8 Å². The van der Waals surface area contributed by atoms with Gasteiger partial charge in [-0.15, -0.1) is 0 Å². The van der Waals surface area contributed by atoms with Gasteiger partial charge in [0, 0.05) is 16.5 Å². The number of alkyl halides is 6. The lowest BCUT2D eigenvalue weighted by atomic mass is 10.1. The van der Waals surface area contributed by atoms with E-state index in [2.05, 4.69) is 9.68 Å². The molecular weight excluding hydrogens is 400 g/mol. The second-order valence-electron chi connectivity index (χ2n) is 4.65. The van der Waals surface area contributed by atoms with Gasteiger partial charge in [0.2, 0.25) is 11.3 Å². The fraction of sp³-hybridized carbons (Fsp3) is 0.308. The summed E-state index contributed by atoms with van der Waals surface area (Å²) in [6.45, 7) is 1.39. The van der Waals surface area contributed by atoms with Crippen LogP contribution in [0.5, 0.6) is 0 Å². The maximum absolute atomic E-state index is 13.3. The minimum atomic E-state index is -3.81. The van der Waals surface area contributed by atoms with Crippen LogP contribution in [0.4, 0.5) is 22.0 Å². The third kappa shape index (κ3) is 3.89. The molecule has 132 valence electrons. The molecule has 11 heteroatoms. The van der Waals surface area contributed by atoms with Crippen molar-refractivity contribution < 1.29 is 30.7 Å². The van der Waals surface area contributed by atoms with Crippen molar-refractivity contribution >= 4 is 34.0 Å². The van der Waals surface area contributed by atoms with Gasteiger partial charge in [-0.2, -0.15) is 8.78 Å². The van der Waals surface area contributed by atoms with Crippen molar-refractivity contribution in [1.29, 1.82) is 0 Å². The summed E-state index contributed by atoms with van der Waals surface area (Å²) in [6.07, 6.45) is -3.45. The third-order valence-electron chi connectivity index (χ3n) is 2.95. The molecule has 1 heterocycles. The Kier molecular flexibility index (Phi) is 5.56. The van der Waals surface area contributed by atoms with Crippen LogP contribution in [-0.4, -0.2) is 21.3 Å². The molecule has 0 aliphatic rings. The quantitative estimate of drug-likeness (QED) is 0.501. The van der Waals surface area contributed by atoms with Gasteiger partial charge in [0.1, 0.15) is 5.69 Å². The van der Waals surface area contributed by atoms with Crippen molar-refractivity contribution in [1.82, 2.24) is 5.16 Å². The predicted molar refractivity (Wildman–Crippen MR) is 78.7 cm³/mol. The van der Waals surface area contributed by atoms with E-state index in [1.165, 1.54) is 13.0 Å². The molecule has 1 aromatic heterocycles. The van der Waals surface area contributed by atoms with Crippen molar-refractivity contribution in [3.05, 3.63) is 34.5 Å². The van der Waals surface area contributed by atoms with Crippen molar-refractivity contribution in [2.45, 2.75) is 29.1 Å². The molecule has 2 rings (SSSR count). The van der Waals surface area contributed by atoms with Crippen LogP contribution < -0.4 is 0 Å². The zero-order valence-corrected chi connectivity index (χ0v) is 14.0. The Morgan fingerprint density at radius 3 is 2.38 bits per heavy atom. The minimum absolute atomic E-state index is 0.00144. The van der Waals surface area contributed by atoms with Gasteiger partial charge < -0.3 is 4.52 Å². The van der Waals surface area contributed by atoms with Crippen molar-refractivity contribution in [3.8, 4) is 11.3 Å². The second kappa shape index (κ2) is 6.97. The molecule has 0 saturated carbocycles. The first kappa shape index (κ1) is 19.1. The Morgan fingerprint density at radius 1 is 1.25 bits per heavy atom. The summed E-state index contributed by atoms with van der Waals surface area (Å²) in [5.74, 6) is -0.963. The van der Waals surface area contributed by atoms with E-state index >= 15 is 0 Å². The van der Waals surface area contributed by atoms with Crippen LogP contribution in [-0.2, 0) is 16.2 Å². The number of aromatic nitrogens is 1. The molecule has 0 aliphatic heterocycles. The van der Waals surface area contributed by atoms with E-state index in [-0.39, 0.29) is 26.7 Å². The maximum atomic E-state index is 13.3.